The first kappa shape index (κ1) is 28.9. The number of methoxy groups -OCH3 is 1. The van der Waals surface area contributed by atoms with Crippen molar-refractivity contribution in [2.75, 3.05) is 13.7 Å². The Morgan fingerprint density at radius 1 is 1.14 bits per heavy atom. The molecule has 37 heavy (non-hydrogen) atoms. The highest BCUT2D eigenvalue weighted by molar-refractivity contribution is 5.93. The summed E-state index contributed by atoms with van der Waals surface area (Å²) >= 11 is 0. The van der Waals surface area contributed by atoms with Crippen LogP contribution < -0.4 is 11.1 Å². The molecule has 1 saturated heterocycles. The van der Waals surface area contributed by atoms with Crippen LogP contribution in [0.3, 0.4) is 0 Å². The summed E-state index contributed by atoms with van der Waals surface area (Å²) in [5.74, 6) is 6.11. The van der Waals surface area contributed by atoms with Crippen molar-refractivity contribution in [3.05, 3.63) is 85.6 Å². The van der Waals surface area contributed by atoms with Crippen LogP contribution >= 0.6 is 0 Å². The molecule has 3 rings (SSSR count). The Bertz CT molecular complexity index is 1140. The molecule has 7 nitrogen and oxygen atoms in total. The number of amides is 2. The zero-order chi connectivity index (χ0) is 27.2. The molecule has 1 aliphatic rings. The fourth-order valence-electron chi connectivity index (χ4n) is 3.96. The fraction of sp³-hybridized carbons (Fsp3) is 0.300. The standard InChI is InChI=1S/C28H32N4O3.C2H4/c1-20(2)25(31-28(34)35-3)27(33)32-19-9-13-24(32)26(29)30-18-8-7-10-21-14-16-23(17-15-21)22-11-5-4-6-12-22;1-2/h4-6,8,11-12,14-18,20,24-25H,9,13,19H2,1-3H3,(H2,29,30)(H,31,34);1-2H2/b18-8+;/t24-,25?;/m1./s1. The molecular weight excluding hydrogens is 464 g/mol. The minimum Gasteiger partial charge on any atom is -0.453 e. The topological polar surface area (TPSA) is 97.0 Å². The van der Waals surface area contributed by atoms with Gasteiger partial charge in [-0.1, -0.05) is 68.2 Å². The van der Waals surface area contributed by atoms with E-state index in [0.29, 0.717) is 12.4 Å². The predicted octanol–water partition coefficient (Wildman–Crippen LogP) is 4.75. The molecule has 1 unspecified atom stereocenters. The van der Waals surface area contributed by atoms with E-state index in [4.69, 9.17) is 5.73 Å². The van der Waals surface area contributed by atoms with E-state index in [1.807, 2.05) is 56.3 Å². The molecule has 0 radical (unpaired) electrons. The van der Waals surface area contributed by atoms with Gasteiger partial charge in [0.2, 0.25) is 5.91 Å². The molecule has 1 fully saturated rings. The van der Waals surface area contributed by atoms with Crippen LogP contribution in [0.4, 0.5) is 4.79 Å². The lowest BCUT2D eigenvalue weighted by molar-refractivity contribution is -0.134. The number of carbonyl (C=O) groups excluding carboxylic acids is 2. The van der Waals surface area contributed by atoms with Gasteiger partial charge in [0, 0.05) is 24.4 Å². The lowest BCUT2D eigenvalue weighted by Gasteiger charge is -2.30. The zero-order valence-electron chi connectivity index (χ0n) is 21.8. The summed E-state index contributed by atoms with van der Waals surface area (Å²) in [6.07, 6.45) is 4.09. The summed E-state index contributed by atoms with van der Waals surface area (Å²) in [5.41, 5.74) is 9.42. The number of benzene rings is 2. The van der Waals surface area contributed by atoms with Crippen molar-refractivity contribution in [3.63, 3.8) is 0 Å². The van der Waals surface area contributed by atoms with Gasteiger partial charge in [0.15, 0.2) is 0 Å². The summed E-state index contributed by atoms with van der Waals surface area (Å²) < 4.78 is 4.66. The number of aliphatic imine (C=N–C) groups is 1. The Hall–Kier alpha value is -4.31. The van der Waals surface area contributed by atoms with Crippen molar-refractivity contribution in [2.24, 2.45) is 16.6 Å². The van der Waals surface area contributed by atoms with Gasteiger partial charge in [-0.2, -0.15) is 0 Å². The number of hydrogen-bond acceptors (Lipinski definition) is 4. The highest BCUT2D eigenvalue weighted by Crippen LogP contribution is 2.21. The van der Waals surface area contributed by atoms with Crippen LogP contribution in [-0.2, 0) is 9.53 Å². The van der Waals surface area contributed by atoms with Crippen LogP contribution in [0.15, 0.2) is 85.0 Å². The summed E-state index contributed by atoms with van der Waals surface area (Å²) in [7, 11) is 1.27. The first-order valence-corrected chi connectivity index (χ1v) is 12.2. The minimum absolute atomic E-state index is 0.0991. The molecule has 3 N–H and O–H groups in total. The van der Waals surface area contributed by atoms with Gasteiger partial charge in [0.05, 0.1) is 13.2 Å². The fourth-order valence-corrected chi connectivity index (χ4v) is 3.96. The summed E-state index contributed by atoms with van der Waals surface area (Å²) in [4.78, 5) is 30.8. The molecule has 7 heteroatoms. The molecule has 0 spiro atoms. The molecule has 0 aromatic heterocycles. The number of allylic oxidation sites excluding steroid dienone is 1. The molecular formula is C30H36N4O3. The number of carbonyl (C=O) groups is 2. The number of ether oxygens (including phenoxy) is 1. The van der Waals surface area contributed by atoms with E-state index < -0.39 is 12.1 Å². The highest BCUT2D eigenvalue weighted by Gasteiger charge is 2.37. The SMILES string of the molecule is C=C.COC(=O)NC(C(=O)N1CCC[C@@H]1C(N)=N/C=C/C#Cc1ccc(-c2ccccc2)cc1)C(C)C. The number of amidine groups is 1. The van der Waals surface area contributed by atoms with Crippen LogP contribution in [0.25, 0.3) is 11.1 Å². The Morgan fingerprint density at radius 3 is 2.41 bits per heavy atom. The van der Waals surface area contributed by atoms with E-state index in [9.17, 15) is 9.59 Å². The van der Waals surface area contributed by atoms with E-state index in [0.717, 1.165) is 29.5 Å². The molecule has 0 aliphatic carbocycles. The maximum Gasteiger partial charge on any atom is 0.407 e. The number of rotatable bonds is 6. The summed E-state index contributed by atoms with van der Waals surface area (Å²) in [6, 6.07) is 17.2. The van der Waals surface area contributed by atoms with Gasteiger partial charge in [0.1, 0.15) is 11.9 Å². The smallest absolute Gasteiger partial charge is 0.407 e. The molecule has 2 aromatic rings. The lowest BCUT2D eigenvalue weighted by atomic mass is 10.0. The third-order valence-electron chi connectivity index (χ3n) is 5.86. The van der Waals surface area contributed by atoms with Gasteiger partial charge in [-0.15, -0.1) is 13.2 Å². The minimum atomic E-state index is -0.689. The van der Waals surface area contributed by atoms with Crippen LogP contribution in [0.2, 0.25) is 0 Å². The van der Waals surface area contributed by atoms with Gasteiger partial charge in [-0.25, -0.2) is 9.79 Å². The third kappa shape index (κ3) is 8.39. The second kappa shape index (κ2) is 14.9. The second-order valence-corrected chi connectivity index (χ2v) is 8.63. The largest absolute Gasteiger partial charge is 0.453 e. The zero-order valence-corrected chi connectivity index (χ0v) is 21.8. The Morgan fingerprint density at radius 2 is 1.78 bits per heavy atom. The van der Waals surface area contributed by atoms with Crippen LogP contribution in [0, 0.1) is 17.8 Å². The van der Waals surface area contributed by atoms with Crippen molar-refractivity contribution >= 4 is 17.8 Å². The van der Waals surface area contributed by atoms with Crippen LogP contribution in [0.1, 0.15) is 32.3 Å². The first-order chi connectivity index (χ1) is 17.9. The number of likely N-dealkylation sites (tertiary alicyclic amines) is 1. The molecule has 194 valence electrons. The molecule has 1 aliphatic heterocycles. The average Bonchev–Trinajstić information content (AvgIpc) is 3.43. The number of nitrogens with one attached hydrogen (secondary N) is 1. The van der Waals surface area contributed by atoms with E-state index in [1.54, 1.807) is 17.2 Å². The molecule has 0 saturated carbocycles. The van der Waals surface area contributed by atoms with Gasteiger partial charge in [-0.05, 0) is 42.0 Å². The Balaban J connectivity index is 0.00000235. The van der Waals surface area contributed by atoms with E-state index in [1.165, 1.54) is 7.11 Å². The molecule has 2 amide bonds. The van der Waals surface area contributed by atoms with Gasteiger partial charge in [0.25, 0.3) is 0 Å². The van der Waals surface area contributed by atoms with E-state index >= 15 is 0 Å². The van der Waals surface area contributed by atoms with Gasteiger partial charge in [-0.3, -0.25) is 4.79 Å². The molecule has 2 aromatic carbocycles. The van der Waals surface area contributed by atoms with Crippen LogP contribution in [0.5, 0.6) is 0 Å². The van der Waals surface area contributed by atoms with Crippen LogP contribution in [-0.4, -0.2) is 48.5 Å². The van der Waals surface area contributed by atoms with Crippen molar-refractivity contribution in [1.82, 2.24) is 10.2 Å². The quantitative estimate of drug-likeness (QED) is 0.259. The predicted molar refractivity (Wildman–Crippen MR) is 150 cm³/mol. The molecule has 2 atom stereocenters. The maximum atomic E-state index is 13.1. The normalized spacial score (nSPS) is 15.8. The van der Waals surface area contributed by atoms with Crippen molar-refractivity contribution < 1.29 is 14.3 Å². The Kier molecular flexibility index (Phi) is 11.7. The number of nitrogens with zero attached hydrogens (tertiary/aromatic N) is 2. The second-order valence-electron chi connectivity index (χ2n) is 8.63. The first-order valence-electron chi connectivity index (χ1n) is 12.2. The lowest BCUT2D eigenvalue weighted by Crippen LogP contribution is -2.54. The molecule has 0 bridgehead atoms. The summed E-state index contributed by atoms with van der Waals surface area (Å²) in [5, 5.41) is 2.63. The number of alkyl carbamates (subject to hydrolysis) is 1. The highest BCUT2D eigenvalue weighted by atomic mass is 16.5. The summed E-state index contributed by atoms with van der Waals surface area (Å²) in [6.45, 7) is 10.3. The number of hydrogen-bond donors (Lipinski definition) is 2. The monoisotopic (exact) mass is 500 g/mol. The average molecular weight is 501 g/mol. The van der Waals surface area contributed by atoms with Gasteiger partial charge >= 0.3 is 6.09 Å². The van der Waals surface area contributed by atoms with Crippen molar-refractivity contribution in [1.29, 1.82) is 0 Å². The van der Waals surface area contributed by atoms with Crippen molar-refractivity contribution in [2.45, 2.75) is 38.8 Å². The van der Waals surface area contributed by atoms with Crippen molar-refractivity contribution in [3.8, 4) is 23.0 Å². The van der Waals surface area contributed by atoms with E-state index in [-0.39, 0.29) is 17.9 Å². The van der Waals surface area contributed by atoms with E-state index in [2.05, 4.69) is 52.2 Å². The molecule has 1 heterocycles. The Labute approximate surface area is 220 Å². The number of nitrogens with two attached hydrogens (primary N) is 1. The maximum absolute atomic E-state index is 13.1. The van der Waals surface area contributed by atoms with Gasteiger partial charge < -0.3 is 20.7 Å². The third-order valence-corrected chi connectivity index (χ3v) is 5.86.